The Balaban J connectivity index is 2.05. The lowest BCUT2D eigenvalue weighted by Gasteiger charge is -2.08. The molecule has 0 spiro atoms. The van der Waals surface area contributed by atoms with Gasteiger partial charge in [0.25, 0.3) is 0 Å². The zero-order chi connectivity index (χ0) is 18.0. The molecule has 25 heavy (non-hydrogen) atoms. The first kappa shape index (κ1) is 16.8. The number of carbonyl (C=O) groups excluding carboxylic acids is 1. The summed E-state index contributed by atoms with van der Waals surface area (Å²) in [4.78, 5) is 16.5. The minimum atomic E-state index is -0.405. The molecule has 0 N–H and O–H groups in total. The fourth-order valence-electron chi connectivity index (χ4n) is 2.56. The highest BCUT2D eigenvalue weighted by Gasteiger charge is 2.15. The monoisotopic (exact) mass is 341 g/mol. The molecule has 2 aromatic heterocycles. The summed E-state index contributed by atoms with van der Waals surface area (Å²) in [6, 6.07) is 7.41. The van der Waals surface area contributed by atoms with Gasteiger partial charge in [-0.1, -0.05) is 0 Å². The Kier molecular flexibility index (Phi) is 4.56. The molecular weight excluding hydrogens is 322 g/mol. The zero-order valence-electron chi connectivity index (χ0n) is 14.6. The van der Waals surface area contributed by atoms with Crippen LogP contribution in [0.15, 0.2) is 30.5 Å². The van der Waals surface area contributed by atoms with Gasteiger partial charge >= 0.3 is 5.97 Å². The molecule has 2 heterocycles. The molecular formula is C18H19N3O4. The maximum atomic E-state index is 12.0. The number of ether oxygens (including phenoxy) is 3. The average Bonchev–Trinajstić information content (AvgIpc) is 3.03. The first-order valence-corrected chi connectivity index (χ1v) is 7.84. The van der Waals surface area contributed by atoms with Gasteiger partial charge in [0.1, 0.15) is 0 Å². The molecule has 130 valence electrons. The van der Waals surface area contributed by atoms with Crippen molar-refractivity contribution < 1.29 is 19.0 Å². The van der Waals surface area contributed by atoms with Crippen molar-refractivity contribution in [1.29, 1.82) is 0 Å². The van der Waals surface area contributed by atoms with Crippen molar-refractivity contribution in [3.05, 3.63) is 41.7 Å². The van der Waals surface area contributed by atoms with E-state index >= 15 is 0 Å². The van der Waals surface area contributed by atoms with E-state index in [1.807, 2.05) is 24.3 Å². The fourth-order valence-corrected chi connectivity index (χ4v) is 2.56. The first-order valence-electron chi connectivity index (χ1n) is 7.84. The molecule has 3 aromatic rings. The van der Waals surface area contributed by atoms with Crippen LogP contribution in [0.25, 0.3) is 16.9 Å². The molecule has 0 aliphatic heterocycles. The van der Waals surface area contributed by atoms with Crippen LogP contribution in [0.1, 0.15) is 23.0 Å². The van der Waals surface area contributed by atoms with Gasteiger partial charge in [-0.05, 0) is 32.0 Å². The van der Waals surface area contributed by atoms with E-state index in [1.54, 1.807) is 38.8 Å². The largest absolute Gasteiger partial charge is 0.493 e. The Bertz CT molecular complexity index is 933. The lowest BCUT2D eigenvalue weighted by Crippen LogP contribution is -2.10. The van der Waals surface area contributed by atoms with Gasteiger partial charge in [0.15, 0.2) is 17.1 Å². The topological polar surface area (TPSA) is 75.0 Å². The summed E-state index contributed by atoms with van der Waals surface area (Å²) >= 11 is 0. The molecule has 7 heteroatoms. The van der Waals surface area contributed by atoms with Gasteiger partial charge < -0.3 is 14.2 Å². The normalized spacial score (nSPS) is 10.7. The van der Waals surface area contributed by atoms with Crippen molar-refractivity contribution in [3.63, 3.8) is 0 Å². The number of benzene rings is 1. The zero-order valence-corrected chi connectivity index (χ0v) is 14.6. The summed E-state index contributed by atoms with van der Waals surface area (Å²) in [6.07, 6.45) is 1.64. The Morgan fingerprint density at radius 3 is 2.60 bits per heavy atom. The second-order valence-corrected chi connectivity index (χ2v) is 5.36. The summed E-state index contributed by atoms with van der Waals surface area (Å²) < 4.78 is 17.2. The number of carbonyl (C=O) groups is 1. The highest BCUT2D eigenvalue weighted by Crippen LogP contribution is 2.32. The third-order valence-corrected chi connectivity index (χ3v) is 3.81. The van der Waals surface area contributed by atoms with Crippen LogP contribution < -0.4 is 9.47 Å². The van der Waals surface area contributed by atoms with Crippen molar-refractivity contribution in [2.24, 2.45) is 0 Å². The SMILES string of the molecule is CCOC(=O)c1cn2nc(-c3ccc(OC)c(OC)c3)cc2nc1C. The average molecular weight is 341 g/mol. The van der Waals surface area contributed by atoms with Crippen LogP contribution >= 0.6 is 0 Å². The summed E-state index contributed by atoms with van der Waals surface area (Å²) in [5, 5.41) is 4.51. The molecule has 0 saturated heterocycles. The predicted molar refractivity (Wildman–Crippen MR) is 92.2 cm³/mol. The molecule has 0 unspecified atom stereocenters. The van der Waals surface area contributed by atoms with Crippen LogP contribution in [0.2, 0.25) is 0 Å². The van der Waals surface area contributed by atoms with Crippen molar-refractivity contribution >= 4 is 11.6 Å². The van der Waals surface area contributed by atoms with Crippen LogP contribution in [0.4, 0.5) is 0 Å². The third kappa shape index (κ3) is 3.13. The second-order valence-electron chi connectivity index (χ2n) is 5.36. The number of fused-ring (bicyclic) bond motifs is 1. The molecule has 0 aliphatic rings. The Morgan fingerprint density at radius 1 is 1.16 bits per heavy atom. The molecule has 0 fully saturated rings. The van der Waals surface area contributed by atoms with E-state index in [9.17, 15) is 4.79 Å². The lowest BCUT2D eigenvalue weighted by atomic mass is 10.1. The van der Waals surface area contributed by atoms with E-state index in [0.717, 1.165) is 5.56 Å². The van der Waals surface area contributed by atoms with Gasteiger partial charge in [-0.3, -0.25) is 0 Å². The van der Waals surface area contributed by atoms with Crippen LogP contribution in [-0.2, 0) is 4.74 Å². The molecule has 0 amide bonds. The predicted octanol–water partition coefficient (Wildman–Crippen LogP) is 2.90. The standard InChI is InChI=1S/C18H19N3O4/c1-5-25-18(22)13-10-21-17(19-11(13)2)9-14(20-21)12-6-7-15(23-3)16(8-12)24-4/h6-10H,5H2,1-4H3. The number of hydrogen-bond donors (Lipinski definition) is 0. The molecule has 0 saturated carbocycles. The number of aryl methyl sites for hydroxylation is 1. The molecule has 3 rings (SSSR count). The van der Waals surface area contributed by atoms with Crippen molar-refractivity contribution in [2.75, 3.05) is 20.8 Å². The van der Waals surface area contributed by atoms with Crippen molar-refractivity contribution in [1.82, 2.24) is 14.6 Å². The van der Waals surface area contributed by atoms with E-state index in [2.05, 4.69) is 10.1 Å². The smallest absolute Gasteiger partial charge is 0.341 e. The maximum absolute atomic E-state index is 12.0. The number of hydrogen-bond acceptors (Lipinski definition) is 6. The molecule has 0 atom stereocenters. The van der Waals surface area contributed by atoms with E-state index in [-0.39, 0.29) is 0 Å². The van der Waals surface area contributed by atoms with Gasteiger partial charge in [0, 0.05) is 17.8 Å². The molecule has 0 bridgehead atoms. The van der Waals surface area contributed by atoms with Crippen LogP contribution in [0.3, 0.4) is 0 Å². The number of aromatic nitrogens is 3. The number of esters is 1. The minimum Gasteiger partial charge on any atom is -0.493 e. The molecule has 7 nitrogen and oxygen atoms in total. The van der Waals surface area contributed by atoms with Crippen LogP contribution in [-0.4, -0.2) is 41.4 Å². The lowest BCUT2D eigenvalue weighted by molar-refractivity contribution is 0.0524. The van der Waals surface area contributed by atoms with Crippen molar-refractivity contribution in [2.45, 2.75) is 13.8 Å². The van der Waals surface area contributed by atoms with Gasteiger partial charge in [-0.15, -0.1) is 0 Å². The molecule has 0 radical (unpaired) electrons. The van der Waals surface area contributed by atoms with E-state index < -0.39 is 5.97 Å². The highest BCUT2D eigenvalue weighted by atomic mass is 16.5. The second kappa shape index (κ2) is 6.80. The molecule has 1 aromatic carbocycles. The number of nitrogens with zero attached hydrogens (tertiary/aromatic N) is 3. The Labute approximate surface area is 145 Å². The minimum absolute atomic E-state index is 0.312. The Morgan fingerprint density at radius 2 is 1.92 bits per heavy atom. The third-order valence-electron chi connectivity index (χ3n) is 3.81. The Hall–Kier alpha value is -3.09. The van der Waals surface area contributed by atoms with Crippen molar-refractivity contribution in [3.8, 4) is 22.8 Å². The number of rotatable bonds is 5. The quantitative estimate of drug-likeness (QED) is 0.664. The van der Waals surface area contributed by atoms with E-state index in [0.29, 0.717) is 40.7 Å². The van der Waals surface area contributed by atoms with Gasteiger partial charge in [-0.2, -0.15) is 5.10 Å². The van der Waals surface area contributed by atoms with E-state index in [1.165, 1.54) is 0 Å². The first-order chi connectivity index (χ1) is 12.1. The summed E-state index contributed by atoms with van der Waals surface area (Å²) in [5.74, 6) is 0.861. The summed E-state index contributed by atoms with van der Waals surface area (Å²) in [7, 11) is 3.17. The van der Waals surface area contributed by atoms with Gasteiger partial charge in [0.05, 0.1) is 37.8 Å². The molecule has 0 aliphatic carbocycles. The van der Waals surface area contributed by atoms with Crippen LogP contribution in [0, 0.1) is 6.92 Å². The van der Waals surface area contributed by atoms with Gasteiger partial charge in [-0.25, -0.2) is 14.3 Å². The summed E-state index contributed by atoms with van der Waals surface area (Å²) in [5.41, 5.74) is 3.23. The van der Waals surface area contributed by atoms with E-state index in [4.69, 9.17) is 14.2 Å². The highest BCUT2D eigenvalue weighted by molar-refractivity contribution is 5.90. The number of methoxy groups -OCH3 is 2. The summed E-state index contributed by atoms with van der Waals surface area (Å²) in [6.45, 7) is 3.85. The maximum Gasteiger partial charge on any atom is 0.341 e. The fraction of sp³-hybridized carbons (Fsp3) is 0.278. The van der Waals surface area contributed by atoms with Crippen LogP contribution in [0.5, 0.6) is 11.5 Å². The van der Waals surface area contributed by atoms with Gasteiger partial charge in [0.2, 0.25) is 0 Å².